The highest BCUT2D eigenvalue weighted by atomic mass is 127. The Morgan fingerprint density at radius 3 is 1.88 bits per heavy atom. The number of rotatable bonds is 11. The van der Waals surface area contributed by atoms with Crippen molar-refractivity contribution in [3.8, 4) is 0 Å². The Labute approximate surface area is 249 Å². The molecule has 0 atom stereocenters. The lowest BCUT2D eigenvalue weighted by Gasteiger charge is -2.34. The molecule has 0 saturated carbocycles. The highest BCUT2D eigenvalue weighted by Gasteiger charge is 2.18. The monoisotopic (exact) mass is 654 g/mol. The number of nitrogens with zero attached hydrogens (tertiary/aromatic N) is 2. The van der Waals surface area contributed by atoms with Gasteiger partial charge in [-0.05, 0) is 51.4 Å². The van der Waals surface area contributed by atoms with E-state index in [1.807, 2.05) is 0 Å². The maximum Gasteiger partial charge on any atom is 0.328 e. The van der Waals surface area contributed by atoms with Gasteiger partial charge in [-0.15, -0.1) is 0 Å². The largest absolute Gasteiger partial charge is 0.478 e. The van der Waals surface area contributed by atoms with Crippen LogP contribution in [-0.4, -0.2) is 77.8 Å². The number of benzene rings is 3. The minimum absolute atomic E-state index is 0.00938. The maximum atomic E-state index is 9.55. The van der Waals surface area contributed by atoms with Crippen LogP contribution in [0.2, 0.25) is 0 Å². The summed E-state index contributed by atoms with van der Waals surface area (Å²) in [7, 11) is 0. The van der Waals surface area contributed by atoms with Gasteiger partial charge in [0.1, 0.15) is 6.10 Å². The van der Waals surface area contributed by atoms with Crippen LogP contribution in [0.4, 0.5) is 0 Å². The molecule has 0 aromatic heterocycles. The molecular formula is C32H35IN2O5. The third kappa shape index (κ3) is 11.8. The van der Waals surface area contributed by atoms with Crippen molar-refractivity contribution in [2.24, 2.45) is 0 Å². The molecule has 4 rings (SSSR count). The van der Waals surface area contributed by atoms with E-state index in [1.54, 1.807) is 0 Å². The Hall–Kier alpha value is -3.31. The van der Waals surface area contributed by atoms with Crippen molar-refractivity contribution < 1.29 is 24.5 Å². The molecule has 0 spiro atoms. The Bertz CT molecular complexity index is 1190. The van der Waals surface area contributed by atoms with Crippen LogP contribution in [0.5, 0.6) is 0 Å². The highest BCUT2D eigenvalue weighted by Crippen LogP contribution is 2.25. The van der Waals surface area contributed by atoms with Gasteiger partial charge in [-0.25, -0.2) is 9.59 Å². The second-order valence-electron chi connectivity index (χ2n) is 9.18. The van der Waals surface area contributed by atoms with Crippen LogP contribution in [-0.2, 0) is 14.3 Å². The van der Waals surface area contributed by atoms with E-state index >= 15 is 0 Å². The lowest BCUT2D eigenvalue weighted by molar-refractivity contribution is -0.134. The van der Waals surface area contributed by atoms with E-state index < -0.39 is 11.9 Å². The molecule has 1 heterocycles. The van der Waals surface area contributed by atoms with Gasteiger partial charge >= 0.3 is 11.9 Å². The van der Waals surface area contributed by atoms with Gasteiger partial charge in [0.05, 0.1) is 6.61 Å². The number of halogens is 1. The van der Waals surface area contributed by atoms with Gasteiger partial charge in [0.15, 0.2) is 0 Å². The third-order valence-corrected chi connectivity index (χ3v) is 6.92. The van der Waals surface area contributed by atoms with Gasteiger partial charge in [-0.3, -0.25) is 9.80 Å². The molecule has 0 aliphatic carbocycles. The van der Waals surface area contributed by atoms with Crippen molar-refractivity contribution in [1.29, 1.82) is 0 Å². The number of hydrogen-bond acceptors (Lipinski definition) is 5. The van der Waals surface area contributed by atoms with Crippen LogP contribution < -0.4 is 0 Å². The molecule has 0 unspecified atom stereocenters. The lowest BCUT2D eigenvalue weighted by atomic mass is 10.0. The summed E-state index contributed by atoms with van der Waals surface area (Å²) in [4.78, 5) is 24.2. The summed E-state index contributed by atoms with van der Waals surface area (Å²) in [5, 5.41) is 15.6. The summed E-state index contributed by atoms with van der Waals surface area (Å²) in [5.74, 6) is -2.51. The van der Waals surface area contributed by atoms with E-state index in [2.05, 4.69) is 129 Å². The zero-order valence-electron chi connectivity index (χ0n) is 22.3. The normalized spacial score (nSPS) is 14.3. The predicted octanol–water partition coefficient (Wildman–Crippen LogP) is 5.44. The third-order valence-electron chi connectivity index (χ3n) is 6.25. The summed E-state index contributed by atoms with van der Waals surface area (Å²) >= 11 is 2.36. The summed E-state index contributed by atoms with van der Waals surface area (Å²) in [6, 6.07) is 29.7. The lowest BCUT2D eigenvalue weighted by Crippen LogP contribution is -2.47. The molecule has 3 aromatic rings. The number of ether oxygens (including phenoxy) is 1. The minimum Gasteiger partial charge on any atom is -0.478 e. The zero-order chi connectivity index (χ0) is 28.6. The highest BCUT2D eigenvalue weighted by molar-refractivity contribution is 14.1. The first-order chi connectivity index (χ1) is 19.4. The molecule has 8 heteroatoms. The molecule has 0 radical (unpaired) electrons. The fourth-order valence-corrected chi connectivity index (χ4v) is 4.79. The van der Waals surface area contributed by atoms with Crippen molar-refractivity contribution in [2.75, 3.05) is 45.9 Å². The predicted molar refractivity (Wildman–Crippen MR) is 166 cm³/mol. The van der Waals surface area contributed by atoms with Crippen LogP contribution >= 0.6 is 22.6 Å². The molecule has 3 aromatic carbocycles. The van der Waals surface area contributed by atoms with Gasteiger partial charge in [-0.2, -0.15) is 0 Å². The Morgan fingerprint density at radius 1 is 0.800 bits per heavy atom. The van der Waals surface area contributed by atoms with Crippen LogP contribution in [0, 0.1) is 3.57 Å². The number of carboxylic acid groups (broad SMARTS) is 2. The van der Waals surface area contributed by atoms with Crippen LogP contribution in [0.25, 0.3) is 6.08 Å². The molecule has 2 N–H and O–H groups in total. The molecular weight excluding hydrogens is 619 g/mol. The molecule has 1 fully saturated rings. The fraction of sp³-hybridized carbons (Fsp3) is 0.250. The van der Waals surface area contributed by atoms with Crippen LogP contribution in [0.3, 0.4) is 0 Å². The molecule has 7 nitrogen and oxygen atoms in total. The first kappa shape index (κ1) is 31.2. The first-order valence-electron chi connectivity index (χ1n) is 13.1. The van der Waals surface area contributed by atoms with Crippen molar-refractivity contribution in [3.63, 3.8) is 0 Å². The van der Waals surface area contributed by atoms with E-state index in [4.69, 9.17) is 14.9 Å². The van der Waals surface area contributed by atoms with E-state index in [0.29, 0.717) is 12.2 Å². The number of hydrogen-bond donors (Lipinski definition) is 2. The summed E-state index contributed by atoms with van der Waals surface area (Å²) in [6.07, 6.45) is 5.62. The quantitative estimate of drug-likeness (QED) is 0.210. The summed E-state index contributed by atoms with van der Waals surface area (Å²) < 4.78 is 7.68. The van der Waals surface area contributed by atoms with Crippen molar-refractivity contribution >= 4 is 40.6 Å². The van der Waals surface area contributed by atoms with Gasteiger partial charge in [0.25, 0.3) is 0 Å². The maximum absolute atomic E-state index is 9.55. The minimum atomic E-state index is -1.26. The van der Waals surface area contributed by atoms with Gasteiger partial charge in [-0.1, -0.05) is 84.9 Å². The Morgan fingerprint density at radius 2 is 1.35 bits per heavy atom. The average molecular weight is 655 g/mol. The fourth-order valence-electron chi connectivity index (χ4n) is 4.23. The Kier molecular flexibility index (Phi) is 13.6. The summed E-state index contributed by atoms with van der Waals surface area (Å²) in [6.45, 7) is 7.14. The molecule has 1 aliphatic heterocycles. The average Bonchev–Trinajstić information content (AvgIpc) is 2.96. The smallest absolute Gasteiger partial charge is 0.328 e. The molecule has 0 amide bonds. The first-order valence-corrected chi connectivity index (χ1v) is 14.2. The molecule has 1 aliphatic rings. The molecule has 40 heavy (non-hydrogen) atoms. The van der Waals surface area contributed by atoms with Crippen LogP contribution in [0.15, 0.2) is 103 Å². The van der Waals surface area contributed by atoms with Crippen molar-refractivity contribution in [2.45, 2.75) is 6.10 Å². The molecule has 210 valence electrons. The van der Waals surface area contributed by atoms with Crippen molar-refractivity contribution in [1.82, 2.24) is 9.80 Å². The second kappa shape index (κ2) is 17.4. The summed E-state index contributed by atoms with van der Waals surface area (Å²) in [5.41, 5.74) is 3.70. The number of carbonyl (C=O) groups is 2. The van der Waals surface area contributed by atoms with E-state index in [-0.39, 0.29) is 6.10 Å². The molecule has 1 saturated heterocycles. The number of piperazine rings is 1. The van der Waals surface area contributed by atoms with E-state index in [9.17, 15) is 9.59 Å². The standard InChI is InChI=1S/C28H31IN2O.C4H4O4/c29-27-15-7-9-24(23-27)10-8-16-30-17-19-31(20-18-30)21-22-32-28(25-11-3-1-4-12-25)26-13-5-2-6-14-26;5-3(6)1-2-4(7)8/h1-15,23,28H,16-22H2;1-2H,(H,5,6)(H,7,8)/b10-8+;2-1-. The topological polar surface area (TPSA) is 90.3 Å². The zero-order valence-corrected chi connectivity index (χ0v) is 24.5. The second-order valence-corrected chi connectivity index (χ2v) is 10.4. The van der Waals surface area contributed by atoms with E-state index in [0.717, 1.165) is 45.9 Å². The van der Waals surface area contributed by atoms with Crippen molar-refractivity contribution in [3.05, 3.63) is 123 Å². The SMILES string of the molecule is Ic1cccc(/C=C/CN2CCN(CCOC(c3ccccc3)c3ccccc3)CC2)c1.O=C(O)/C=C\C(=O)O. The number of carboxylic acids is 2. The van der Waals surface area contributed by atoms with Gasteiger partial charge in [0.2, 0.25) is 0 Å². The van der Waals surface area contributed by atoms with E-state index in [1.165, 1.54) is 20.3 Å². The molecule has 0 bridgehead atoms. The Balaban J connectivity index is 0.000000482. The van der Waals surface area contributed by atoms with Gasteiger partial charge in [0, 0.05) is 55.0 Å². The van der Waals surface area contributed by atoms with Crippen LogP contribution in [0.1, 0.15) is 22.8 Å². The van der Waals surface area contributed by atoms with Gasteiger partial charge < -0.3 is 14.9 Å². The number of aliphatic carboxylic acids is 2.